The summed E-state index contributed by atoms with van der Waals surface area (Å²) in [5.74, 6) is -0.251. The van der Waals surface area contributed by atoms with Crippen molar-refractivity contribution in [2.75, 3.05) is 45.2 Å². The van der Waals surface area contributed by atoms with Gasteiger partial charge in [-0.1, -0.05) is 0 Å². The second-order valence-electron chi connectivity index (χ2n) is 9.41. The van der Waals surface area contributed by atoms with Crippen LogP contribution >= 0.6 is 0 Å². The highest BCUT2D eigenvalue weighted by atomic mass is 19.4. The maximum absolute atomic E-state index is 14.0. The minimum Gasteiger partial charge on any atom is -0.366 e. The number of carbonyl (C=O) groups excluding carboxylic acids is 1. The van der Waals surface area contributed by atoms with E-state index >= 15 is 0 Å². The van der Waals surface area contributed by atoms with E-state index in [0.29, 0.717) is 42.0 Å². The highest BCUT2D eigenvalue weighted by molar-refractivity contribution is 6.05. The number of morpholine rings is 1. The molecule has 32 heavy (non-hydrogen) atoms. The smallest absolute Gasteiger partial charge is 0.366 e. The largest absolute Gasteiger partial charge is 0.418 e. The van der Waals surface area contributed by atoms with Gasteiger partial charge in [-0.2, -0.15) is 13.2 Å². The van der Waals surface area contributed by atoms with Crippen LogP contribution in [0.5, 0.6) is 0 Å². The van der Waals surface area contributed by atoms with Crippen LogP contribution in [0, 0.1) is 12.3 Å². The zero-order valence-corrected chi connectivity index (χ0v) is 18.2. The molecule has 3 aliphatic rings. The Hall–Kier alpha value is -2.23. The van der Waals surface area contributed by atoms with E-state index in [9.17, 15) is 18.0 Å². The lowest BCUT2D eigenvalue weighted by Gasteiger charge is -2.24. The lowest BCUT2D eigenvalue weighted by atomic mass is 9.89. The maximum atomic E-state index is 14.0. The summed E-state index contributed by atoms with van der Waals surface area (Å²) in [6.07, 6.45) is -3.06. The van der Waals surface area contributed by atoms with Crippen LogP contribution in [-0.2, 0) is 15.7 Å². The van der Waals surface area contributed by atoms with Gasteiger partial charge in [0, 0.05) is 43.2 Å². The van der Waals surface area contributed by atoms with Crippen LogP contribution in [0.2, 0.25) is 0 Å². The van der Waals surface area contributed by atoms with E-state index in [1.807, 2.05) is 13.1 Å². The van der Waals surface area contributed by atoms with E-state index in [-0.39, 0.29) is 22.8 Å². The average Bonchev–Trinajstić information content (AvgIpc) is 3.44. The fraction of sp³-hybridized carbons (Fsp3) is 0.565. The van der Waals surface area contributed by atoms with E-state index in [4.69, 9.17) is 4.74 Å². The first kappa shape index (κ1) is 21.6. The van der Waals surface area contributed by atoms with Crippen molar-refractivity contribution in [3.8, 4) is 0 Å². The Morgan fingerprint density at radius 1 is 1.34 bits per heavy atom. The molecule has 2 saturated heterocycles. The van der Waals surface area contributed by atoms with E-state index < -0.39 is 17.8 Å². The van der Waals surface area contributed by atoms with Crippen LogP contribution in [0.3, 0.4) is 0 Å². The van der Waals surface area contributed by atoms with E-state index in [2.05, 4.69) is 20.5 Å². The topological polar surface area (TPSA) is 66.5 Å². The molecule has 1 amide bonds. The number of pyridine rings is 1. The van der Waals surface area contributed by atoms with Crippen LogP contribution in [-0.4, -0.2) is 61.7 Å². The van der Waals surface area contributed by atoms with Gasteiger partial charge in [-0.15, -0.1) is 0 Å². The molecule has 1 aromatic heterocycles. The van der Waals surface area contributed by atoms with Crippen molar-refractivity contribution in [3.63, 3.8) is 0 Å². The quantitative estimate of drug-likeness (QED) is 0.755. The second kappa shape index (κ2) is 7.67. The lowest BCUT2D eigenvalue weighted by Crippen LogP contribution is -2.45. The predicted octanol–water partition coefficient (Wildman–Crippen LogP) is 3.30. The van der Waals surface area contributed by atoms with Crippen LogP contribution in [0.4, 0.5) is 18.9 Å². The maximum Gasteiger partial charge on any atom is 0.418 e. The molecule has 2 atom stereocenters. The third-order valence-corrected chi connectivity index (χ3v) is 7.04. The van der Waals surface area contributed by atoms with Gasteiger partial charge >= 0.3 is 6.18 Å². The zero-order valence-electron chi connectivity index (χ0n) is 18.2. The number of fused-ring (bicyclic) bond motifs is 1. The number of anilines is 1. The van der Waals surface area contributed by atoms with Gasteiger partial charge in [-0.25, -0.2) is 0 Å². The Morgan fingerprint density at radius 2 is 2.12 bits per heavy atom. The average molecular weight is 448 g/mol. The lowest BCUT2D eigenvalue weighted by molar-refractivity contribution is -0.136. The van der Waals surface area contributed by atoms with Crippen LogP contribution in [0.1, 0.15) is 35.6 Å². The number of aromatic nitrogens is 1. The molecule has 3 heterocycles. The van der Waals surface area contributed by atoms with Crippen molar-refractivity contribution in [2.24, 2.45) is 5.41 Å². The Labute approximate surface area is 184 Å². The molecular formula is C23H27F3N4O2. The van der Waals surface area contributed by atoms with Crippen molar-refractivity contribution in [3.05, 3.63) is 35.0 Å². The first-order valence-corrected chi connectivity index (χ1v) is 11.0. The van der Waals surface area contributed by atoms with Crippen molar-refractivity contribution >= 4 is 22.5 Å². The first-order chi connectivity index (χ1) is 15.2. The molecule has 5 rings (SSSR count). The molecule has 6 nitrogen and oxygen atoms in total. The van der Waals surface area contributed by atoms with Crippen LogP contribution < -0.4 is 10.6 Å². The number of carbonyl (C=O) groups is 1. The number of hydrogen-bond donors (Lipinski definition) is 2. The van der Waals surface area contributed by atoms with Gasteiger partial charge in [0.1, 0.15) is 6.10 Å². The minimum atomic E-state index is -4.54. The fourth-order valence-electron chi connectivity index (χ4n) is 5.26. The summed E-state index contributed by atoms with van der Waals surface area (Å²) in [7, 11) is 2.04. The zero-order chi connectivity index (χ0) is 22.7. The van der Waals surface area contributed by atoms with E-state index in [0.717, 1.165) is 32.0 Å². The second-order valence-corrected chi connectivity index (χ2v) is 9.41. The van der Waals surface area contributed by atoms with Gasteiger partial charge in [0.05, 0.1) is 23.4 Å². The molecule has 0 radical (unpaired) electrons. The number of likely N-dealkylation sites (tertiary alicyclic amines) is 1. The molecule has 1 saturated carbocycles. The van der Waals surface area contributed by atoms with Gasteiger partial charge < -0.3 is 20.3 Å². The molecule has 0 bridgehead atoms. The molecule has 2 aliphatic heterocycles. The van der Waals surface area contributed by atoms with Gasteiger partial charge in [0.2, 0.25) is 0 Å². The monoisotopic (exact) mass is 448 g/mol. The van der Waals surface area contributed by atoms with Crippen LogP contribution in [0.25, 0.3) is 10.9 Å². The summed E-state index contributed by atoms with van der Waals surface area (Å²) in [5, 5.41) is 6.19. The number of nitrogens with one attached hydrogen (secondary N) is 2. The summed E-state index contributed by atoms with van der Waals surface area (Å²) in [5.41, 5.74) is 0.666. The number of rotatable bonds is 3. The molecule has 2 aromatic rings. The number of ether oxygens (including phenoxy) is 1. The van der Waals surface area contributed by atoms with Crippen molar-refractivity contribution in [1.29, 1.82) is 0 Å². The number of hydrogen-bond acceptors (Lipinski definition) is 5. The highest BCUT2D eigenvalue weighted by Crippen LogP contribution is 2.59. The van der Waals surface area contributed by atoms with Gasteiger partial charge in [0.25, 0.3) is 5.91 Å². The van der Waals surface area contributed by atoms with Crippen molar-refractivity contribution in [1.82, 2.24) is 15.2 Å². The first-order valence-electron chi connectivity index (χ1n) is 11.0. The SMILES string of the molecule is Cc1cc(C(F)(F)F)c2nc([C@H]3CN(C)CC34CC4)ccc2c1NC(=O)[C@H]1CNCCO1. The molecule has 2 N–H and O–H groups in total. The molecule has 1 aliphatic carbocycles. The third-order valence-electron chi connectivity index (χ3n) is 7.04. The number of halogens is 3. The van der Waals surface area contributed by atoms with Gasteiger partial charge in [-0.05, 0) is 56.0 Å². The summed E-state index contributed by atoms with van der Waals surface area (Å²) < 4.78 is 47.4. The number of amides is 1. The number of likely N-dealkylation sites (N-methyl/N-ethyl adjacent to an activating group) is 1. The Bertz CT molecular complexity index is 1060. The summed E-state index contributed by atoms with van der Waals surface area (Å²) in [4.78, 5) is 19.5. The van der Waals surface area contributed by atoms with Crippen molar-refractivity contribution < 1.29 is 22.7 Å². The molecular weight excluding hydrogens is 421 g/mol. The Kier molecular flexibility index (Phi) is 5.18. The van der Waals surface area contributed by atoms with Gasteiger partial charge in [-0.3, -0.25) is 9.78 Å². The molecule has 0 unspecified atom stereocenters. The van der Waals surface area contributed by atoms with Crippen molar-refractivity contribution in [2.45, 2.75) is 38.0 Å². The number of alkyl halides is 3. The standard InChI is InChI=1S/C23H27F3N4O2/c1-13-9-15(23(24,25)26)20-14(19(13)29-21(31)18-10-27-7-8-32-18)3-4-17(28-20)16-11-30(2)12-22(16)5-6-22/h3-4,9,16,18,27H,5-8,10-12H2,1-2H3,(H,29,31)/t16-,18-/m1/s1. The number of nitrogens with zero attached hydrogens (tertiary/aromatic N) is 2. The van der Waals surface area contributed by atoms with E-state index in [1.54, 1.807) is 13.0 Å². The summed E-state index contributed by atoms with van der Waals surface area (Å²) in [6, 6.07) is 4.60. The minimum absolute atomic E-state index is 0.107. The van der Waals surface area contributed by atoms with E-state index in [1.165, 1.54) is 0 Å². The highest BCUT2D eigenvalue weighted by Gasteiger charge is 2.55. The molecule has 1 spiro atoms. The molecule has 1 aromatic carbocycles. The fourth-order valence-corrected chi connectivity index (χ4v) is 5.26. The molecule has 3 fully saturated rings. The Morgan fingerprint density at radius 3 is 2.78 bits per heavy atom. The molecule has 172 valence electrons. The summed E-state index contributed by atoms with van der Waals surface area (Å²) in [6.45, 7) is 4.76. The van der Waals surface area contributed by atoms with Crippen LogP contribution in [0.15, 0.2) is 18.2 Å². The predicted molar refractivity (Wildman–Crippen MR) is 115 cm³/mol. The summed E-state index contributed by atoms with van der Waals surface area (Å²) >= 11 is 0. The van der Waals surface area contributed by atoms with Gasteiger partial charge in [0.15, 0.2) is 0 Å². The molecule has 9 heteroatoms. The number of benzene rings is 1. The normalized spacial score (nSPS) is 25.4. The third kappa shape index (κ3) is 3.76. The Balaban J connectivity index is 1.58. The number of aryl methyl sites for hydroxylation is 1.